The molecular formula is C15H14N4O2. The van der Waals surface area contributed by atoms with Crippen molar-refractivity contribution in [2.75, 3.05) is 0 Å². The minimum Gasteiger partial charge on any atom is -0.481 e. The second kappa shape index (κ2) is 3.59. The van der Waals surface area contributed by atoms with Crippen LogP contribution in [0.2, 0.25) is 0 Å². The molecule has 6 heteroatoms. The Labute approximate surface area is 122 Å². The average Bonchev–Trinajstić information content (AvgIpc) is 2.74. The van der Waals surface area contributed by atoms with Crippen LogP contribution in [0, 0.1) is 28.1 Å². The van der Waals surface area contributed by atoms with Gasteiger partial charge in [-0.1, -0.05) is 20.8 Å². The van der Waals surface area contributed by atoms with Crippen LogP contribution in [0.3, 0.4) is 0 Å². The number of aliphatic carboxylic acids is 1. The lowest BCUT2D eigenvalue weighted by atomic mass is 9.64. The van der Waals surface area contributed by atoms with Crippen LogP contribution in [-0.2, 0) is 15.6 Å². The maximum atomic E-state index is 12.0. The van der Waals surface area contributed by atoms with Crippen LogP contribution in [0.4, 0.5) is 0 Å². The molecular weight excluding hydrogens is 268 g/mol. The van der Waals surface area contributed by atoms with Gasteiger partial charge in [-0.25, -0.2) is 9.97 Å². The van der Waals surface area contributed by atoms with Crippen LogP contribution < -0.4 is 0 Å². The highest BCUT2D eigenvalue weighted by Crippen LogP contribution is 2.69. The Morgan fingerprint density at radius 3 is 2.10 bits per heavy atom. The quantitative estimate of drug-likeness (QED) is 0.838. The molecule has 1 heterocycles. The molecule has 0 amide bonds. The standard InChI is InChI=1S/C15H14N4O2/c1-13(2)14(3)4-5-15(13,12(20)21)11-10(14)18-8(6-16)9(7-17)19-11/h4-5H2,1-3H3,(H,20,21)/t14-,15-/m1/s1. The molecule has 3 rings (SSSR count). The summed E-state index contributed by atoms with van der Waals surface area (Å²) in [6, 6.07) is 3.72. The lowest BCUT2D eigenvalue weighted by Crippen LogP contribution is -2.45. The summed E-state index contributed by atoms with van der Waals surface area (Å²) in [5.74, 6) is -0.933. The third kappa shape index (κ3) is 1.15. The van der Waals surface area contributed by atoms with Gasteiger partial charge in [0.05, 0.1) is 11.4 Å². The number of carboxylic acids is 1. The van der Waals surface area contributed by atoms with Crippen molar-refractivity contribution in [3.05, 3.63) is 22.8 Å². The van der Waals surface area contributed by atoms with Crippen LogP contribution in [-0.4, -0.2) is 21.0 Å². The van der Waals surface area contributed by atoms with Gasteiger partial charge in [0, 0.05) is 5.41 Å². The van der Waals surface area contributed by atoms with E-state index in [1.54, 1.807) is 0 Å². The van der Waals surface area contributed by atoms with Crippen LogP contribution >= 0.6 is 0 Å². The predicted octanol–water partition coefficient (Wildman–Crippen LogP) is 1.63. The molecule has 2 aliphatic rings. The SMILES string of the molecule is CC1(C)[C@]2(C(=O)O)CC[C@]1(C)c1nc(C#N)c(C#N)nc12. The van der Waals surface area contributed by atoms with Gasteiger partial charge < -0.3 is 5.11 Å². The number of hydrogen-bond donors (Lipinski definition) is 1. The van der Waals surface area contributed by atoms with Gasteiger partial charge >= 0.3 is 5.97 Å². The van der Waals surface area contributed by atoms with E-state index >= 15 is 0 Å². The van der Waals surface area contributed by atoms with Gasteiger partial charge in [0.1, 0.15) is 17.6 Å². The molecule has 2 bridgehead atoms. The summed E-state index contributed by atoms with van der Waals surface area (Å²) in [5, 5.41) is 28.1. The van der Waals surface area contributed by atoms with E-state index in [2.05, 4.69) is 9.97 Å². The van der Waals surface area contributed by atoms with E-state index in [1.165, 1.54) is 0 Å². The predicted molar refractivity (Wildman–Crippen MR) is 71.1 cm³/mol. The Balaban J connectivity index is 2.44. The van der Waals surface area contributed by atoms with Crippen molar-refractivity contribution in [3.8, 4) is 12.1 Å². The molecule has 0 aromatic carbocycles. The van der Waals surface area contributed by atoms with E-state index in [0.717, 1.165) is 0 Å². The molecule has 0 saturated heterocycles. The fraction of sp³-hybridized carbons (Fsp3) is 0.533. The second-order valence-electron chi connectivity index (χ2n) is 6.51. The number of rotatable bonds is 1. The van der Waals surface area contributed by atoms with E-state index in [4.69, 9.17) is 10.5 Å². The first kappa shape index (κ1) is 13.5. The first-order valence-electron chi connectivity index (χ1n) is 6.73. The zero-order chi connectivity index (χ0) is 15.6. The molecule has 1 fully saturated rings. The van der Waals surface area contributed by atoms with Crippen molar-refractivity contribution in [2.24, 2.45) is 5.41 Å². The van der Waals surface area contributed by atoms with E-state index < -0.39 is 22.2 Å². The summed E-state index contributed by atoms with van der Waals surface area (Å²) < 4.78 is 0. The molecule has 1 aromatic heterocycles. The van der Waals surface area contributed by atoms with Crippen molar-refractivity contribution in [1.82, 2.24) is 9.97 Å². The van der Waals surface area contributed by atoms with Gasteiger partial charge in [0.25, 0.3) is 0 Å². The molecule has 2 atom stereocenters. The van der Waals surface area contributed by atoms with Crippen molar-refractivity contribution in [3.63, 3.8) is 0 Å². The summed E-state index contributed by atoms with van der Waals surface area (Å²) >= 11 is 0. The molecule has 0 spiro atoms. The van der Waals surface area contributed by atoms with Crippen molar-refractivity contribution in [2.45, 2.75) is 44.4 Å². The zero-order valence-corrected chi connectivity index (χ0v) is 12.1. The van der Waals surface area contributed by atoms with Crippen LogP contribution in [0.5, 0.6) is 0 Å². The molecule has 0 radical (unpaired) electrons. The van der Waals surface area contributed by atoms with Gasteiger partial charge in [-0.3, -0.25) is 4.79 Å². The third-order valence-electron chi connectivity index (χ3n) is 5.85. The van der Waals surface area contributed by atoms with E-state index in [1.807, 2.05) is 32.9 Å². The fourth-order valence-electron chi connectivity index (χ4n) is 4.11. The summed E-state index contributed by atoms with van der Waals surface area (Å²) in [4.78, 5) is 20.6. The summed E-state index contributed by atoms with van der Waals surface area (Å²) in [6.07, 6.45) is 1.16. The van der Waals surface area contributed by atoms with Crippen molar-refractivity contribution >= 4 is 5.97 Å². The lowest BCUT2D eigenvalue weighted by Gasteiger charge is -2.37. The first-order valence-corrected chi connectivity index (χ1v) is 6.73. The number of nitriles is 2. The van der Waals surface area contributed by atoms with Crippen LogP contribution in [0.25, 0.3) is 0 Å². The molecule has 0 unspecified atom stereocenters. The minimum absolute atomic E-state index is 0.0265. The summed E-state index contributed by atoms with van der Waals surface area (Å²) in [6.45, 7) is 5.80. The molecule has 1 N–H and O–H groups in total. The summed E-state index contributed by atoms with van der Waals surface area (Å²) in [5.41, 5.74) is -1.35. The Hall–Kier alpha value is -2.47. The number of aromatic nitrogens is 2. The van der Waals surface area contributed by atoms with Gasteiger partial charge in [0.2, 0.25) is 0 Å². The second-order valence-corrected chi connectivity index (χ2v) is 6.51. The van der Waals surface area contributed by atoms with Gasteiger partial charge in [-0.2, -0.15) is 10.5 Å². The van der Waals surface area contributed by atoms with E-state index in [-0.39, 0.29) is 11.4 Å². The van der Waals surface area contributed by atoms with Crippen molar-refractivity contribution < 1.29 is 9.90 Å². The highest BCUT2D eigenvalue weighted by molar-refractivity contribution is 5.86. The van der Waals surface area contributed by atoms with Gasteiger partial charge in [0.15, 0.2) is 11.4 Å². The van der Waals surface area contributed by atoms with Crippen LogP contribution in [0.1, 0.15) is 56.4 Å². The molecule has 2 aliphatic carbocycles. The smallest absolute Gasteiger partial charge is 0.316 e. The molecule has 21 heavy (non-hydrogen) atoms. The molecule has 1 saturated carbocycles. The van der Waals surface area contributed by atoms with Gasteiger partial charge in [-0.05, 0) is 18.3 Å². The van der Waals surface area contributed by atoms with Gasteiger partial charge in [-0.15, -0.1) is 0 Å². The summed E-state index contributed by atoms with van der Waals surface area (Å²) in [7, 11) is 0. The maximum Gasteiger partial charge on any atom is 0.316 e. The zero-order valence-electron chi connectivity index (χ0n) is 12.1. The largest absolute Gasteiger partial charge is 0.481 e. The Bertz CT molecular complexity index is 771. The highest BCUT2D eigenvalue weighted by atomic mass is 16.4. The lowest BCUT2D eigenvalue weighted by molar-refractivity contribution is -0.148. The number of nitrogens with zero attached hydrogens (tertiary/aromatic N) is 4. The average molecular weight is 282 g/mol. The highest BCUT2D eigenvalue weighted by Gasteiger charge is 2.73. The number of hydrogen-bond acceptors (Lipinski definition) is 5. The third-order valence-corrected chi connectivity index (χ3v) is 5.85. The minimum atomic E-state index is -1.14. The van der Waals surface area contributed by atoms with Crippen molar-refractivity contribution in [1.29, 1.82) is 10.5 Å². The topological polar surface area (TPSA) is 111 Å². The normalized spacial score (nSPS) is 31.3. The maximum absolute atomic E-state index is 12.0. The molecule has 6 nitrogen and oxygen atoms in total. The van der Waals surface area contributed by atoms with Crippen LogP contribution in [0.15, 0.2) is 0 Å². The number of fused-ring (bicyclic) bond motifs is 5. The fourth-order valence-corrected chi connectivity index (χ4v) is 4.11. The number of carboxylic acid groups (broad SMARTS) is 1. The molecule has 0 aliphatic heterocycles. The first-order chi connectivity index (χ1) is 9.76. The van der Waals surface area contributed by atoms with E-state index in [0.29, 0.717) is 24.2 Å². The molecule has 1 aromatic rings. The Kier molecular flexibility index (Phi) is 2.31. The Morgan fingerprint density at radius 2 is 1.62 bits per heavy atom. The van der Waals surface area contributed by atoms with E-state index in [9.17, 15) is 9.90 Å². The Morgan fingerprint density at radius 1 is 1.10 bits per heavy atom. The monoisotopic (exact) mass is 282 g/mol. The number of carbonyl (C=O) groups is 1. The molecule has 106 valence electrons.